The Kier molecular flexibility index (Phi) is 7.15. The van der Waals surface area contributed by atoms with Crippen molar-refractivity contribution in [1.82, 2.24) is 10.6 Å². The van der Waals surface area contributed by atoms with Gasteiger partial charge in [0, 0.05) is 17.5 Å². The number of carbonyl (C=O) groups is 3. The molecule has 6 nitrogen and oxygen atoms in total. The molecule has 2 atom stereocenters. The third-order valence-corrected chi connectivity index (χ3v) is 4.12. The van der Waals surface area contributed by atoms with Crippen molar-refractivity contribution in [3.05, 3.63) is 35.4 Å². The highest BCUT2D eigenvalue weighted by Gasteiger charge is 2.25. The average molecular weight is 348 g/mol. The molecule has 0 bridgehead atoms. The molecule has 0 fully saturated rings. The first-order chi connectivity index (χ1) is 11.6. The van der Waals surface area contributed by atoms with Gasteiger partial charge in [-0.2, -0.15) is 0 Å². The number of carbonyl (C=O) groups excluding carboxylic acids is 2. The van der Waals surface area contributed by atoms with Gasteiger partial charge in [0.05, 0.1) is 0 Å². The minimum atomic E-state index is -1.04. The summed E-state index contributed by atoms with van der Waals surface area (Å²) in [5.41, 5.74) is 0.799. The van der Waals surface area contributed by atoms with Crippen LogP contribution in [0.3, 0.4) is 0 Å². The molecule has 3 N–H and O–H groups in total. The van der Waals surface area contributed by atoms with Crippen LogP contribution in [0.15, 0.2) is 24.3 Å². The molecule has 0 aromatic heterocycles. The first-order valence-electron chi connectivity index (χ1n) is 8.47. The van der Waals surface area contributed by atoms with Crippen molar-refractivity contribution in [2.24, 2.45) is 11.3 Å². The van der Waals surface area contributed by atoms with Gasteiger partial charge in [-0.25, -0.2) is 4.79 Å². The van der Waals surface area contributed by atoms with Gasteiger partial charge in [-0.1, -0.05) is 53.2 Å². The summed E-state index contributed by atoms with van der Waals surface area (Å²) in [4.78, 5) is 35.4. The molecule has 1 rings (SSSR count). The van der Waals surface area contributed by atoms with E-state index >= 15 is 0 Å². The van der Waals surface area contributed by atoms with Gasteiger partial charge in [-0.3, -0.25) is 9.59 Å². The first-order valence-corrected chi connectivity index (χ1v) is 8.47. The fourth-order valence-corrected chi connectivity index (χ4v) is 2.13. The molecule has 1 aromatic rings. The summed E-state index contributed by atoms with van der Waals surface area (Å²) in [7, 11) is 0. The van der Waals surface area contributed by atoms with Crippen LogP contribution in [-0.4, -0.2) is 28.9 Å². The highest BCUT2D eigenvalue weighted by Crippen LogP contribution is 2.13. The lowest BCUT2D eigenvalue weighted by Gasteiger charge is -2.20. The van der Waals surface area contributed by atoms with E-state index in [2.05, 4.69) is 10.6 Å². The Hall–Kier alpha value is -2.37. The van der Waals surface area contributed by atoms with E-state index in [9.17, 15) is 19.5 Å². The summed E-state index contributed by atoms with van der Waals surface area (Å²) in [6, 6.07) is 5.84. The number of rotatable bonds is 7. The Morgan fingerprint density at radius 1 is 1.12 bits per heavy atom. The van der Waals surface area contributed by atoms with Crippen LogP contribution < -0.4 is 10.6 Å². The molecular weight excluding hydrogens is 320 g/mol. The van der Waals surface area contributed by atoms with E-state index in [4.69, 9.17) is 0 Å². The minimum Gasteiger partial charge on any atom is -0.480 e. The average Bonchev–Trinajstić information content (AvgIpc) is 2.55. The van der Waals surface area contributed by atoms with Crippen molar-refractivity contribution in [2.75, 3.05) is 0 Å². The summed E-state index contributed by atoms with van der Waals surface area (Å²) in [5.74, 6) is -1.66. The van der Waals surface area contributed by atoms with Crippen LogP contribution in [0, 0.1) is 11.3 Å². The molecule has 0 radical (unpaired) electrons. The van der Waals surface area contributed by atoms with Gasteiger partial charge in [-0.05, 0) is 23.6 Å². The summed E-state index contributed by atoms with van der Waals surface area (Å²) >= 11 is 0. The molecule has 0 saturated heterocycles. The maximum Gasteiger partial charge on any atom is 0.326 e. The topological polar surface area (TPSA) is 95.5 Å². The van der Waals surface area contributed by atoms with E-state index in [0.29, 0.717) is 18.5 Å². The van der Waals surface area contributed by atoms with Crippen molar-refractivity contribution in [3.8, 4) is 0 Å². The van der Waals surface area contributed by atoms with Crippen LogP contribution in [0.1, 0.15) is 57.0 Å². The molecule has 6 heteroatoms. The zero-order valence-corrected chi connectivity index (χ0v) is 15.6. The Morgan fingerprint density at radius 2 is 1.68 bits per heavy atom. The maximum absolute atomic E-state index is 12.2. The second-order valence-electron chi connectivity index (χ2n) is 7.30. The molecule has 0 heterocycles. The molecule has 1 aromatic carbocycles. The maximum atomic E-state index is 12.2. The molecule has 2 unspecified atom stereocenters. The molecule has 2 amide bonds. The van der Waals surface area contributed by atoms with E-state index in [1.807, 2.05) is 27.7 Å². The third-order valence-electron chi connectivity index (χ3n) is 4.12. The van der Waals surface area contributed by atoms with Crippen LogP contribution in [0.5, 0.6) is 0 Å². The fourth-order valence-electron chi connectivity index (χ4n) is 2.13. The Morgan fingerprint density at radius 3 is 2.12 bits per heavy atom. The zero-order chi connectivity index (χ0) is 19.2. The summed E-state index contributed by atoms with van der Waals surface area (Å²) in [5, 5.41) is 14.7. The third kappa shape index (κ3) is 6.21. The van der Waals surface area contributed by atoms with E-state index in [0.717, 1.165) is 5.56 Å². The Bertz CT molecular complexity index is 617. The highest BCUT2D eigenvalue weighted by molar-refractivity contribution is 5.96. The lowest BCUT2D eigenvalue weighted by atomic mass is 9.95. The minimum absolute atomic E-state index is 0.0489. The Balaban J connectivity index is 2.70. The van der Waals surface area contributed by atoms with Gasteiger partial charge in [0.15, 0.2) is 0 Å². The molecule has 0 spiro atoms. The number of amides is 2. The highest BCUT2D eigenvalue weighted by atomic mass is 16.4. The van der Waals surface area contributed by atoms with Crippen molar-refractivity contribution < 1.29 is 19.5 Å². The fraction of sp³-hybridized carbons (Fsp3) is 0.526. The van der Waals surface area contributed by atoms with Crippen LogP contribution in [-0.2, 0) is 16.1 Å². The van der Waals surface area contributed by atoms with E-state index in [1.54, 1.807) is 31.2 Å². The molecule has 0 aliphatic carbocycles. The molecular formula is C19H28N2O4. The van der Waals surface area contributed by atoms with E-state index in [1.165, 1.54) is 0 Å². The van der Waals surface area contributed by atoms with E-state index < -0.39 is 23.3 Å². The van der Waals surface area contributed by atoms with Crippen LogP contribution in [0.25, 0.3) is 0 Å². The van der Waals surface area contributed by atoms with Crippen molar-refractivity contribution in [2.45, 2.75) is 53.6 Å². The second-order valence-corrected chi connectivity index (χ2v) is 7.30. The normalized spacial score (nSPS) is 13.6. The lowest BCUT2D eigenvalue weighted by Crippen LogP contribution is -2.45. The molecule has 0 saturated carbocycles. The van der Waals surface area contributed by atoms with Gasteiger partial charge in [0.25, 0.3) is 5.91 Å². The molecule has 25 heavy (non-hydrogen) atoms. The quantitative estimate of drug-likeness (QED) is 0.706. The van der Waals surface area contributed by atoms with Gasteiger partial charge in [0.2, 0.25) is 5.91 Å². The first kappa shape index (κ1) is 20.7. The Labute approximate surface area is 149 Å². The molecule has 0 aliphatic rings. The van der Waals surface area contributed by atoms with Gasteiger partial charge in [-0.15, -0.1) is 0 Å². The largest absolute Gasteiger partial charge is 0.480 e. The van der Waals surface area contributed by atoms with Gasteiger partial charge >= 0.3 is 5.97 Å². The molecule has 138 valence electrons. The smallest absolute Gasteiger partial charge is 0.326 e. The van der Waals surface area contributed by atoms with Crippen LogP contribution in [0.4, 0.5) is 0 Å². The number of benzene rings is 1. The van der Waals surface area contributed by atoms with Crippen molar-refractivity contribution >= 4 is 17.8 Å². The summed E-state index contributed by atoms with van der Waals surface area (Å²) < 4.78 is 0. The zero-order valence-electron chi connectivity index (χ0n) is 15.6. The number of nitrogens with one attached hydrogen (secondary N) is 2. The number of carboxylic acid groups (broad SMARTS) is 1. The standard InChI is InChI=1S/C19H28N2O4/c1-6-12(2)15(17(23)24)21-16(22)14-9-7-13(8-10-14)11-20-18(25)19(3,4)5/h7-10,12,15H,6,11H2,1-5H3,(H,20,25)(H,21,22)(H,23,24). The van der Waals surface area contributed by atoms with Crippen molar-refractivity contribution in [3.63, 3.8) is 0 Å². The predicted molar refractivity (Wildman–Crippen MR) is 96.1 cm³/mol. The monoisotopic (exact) mass is 348 g/mol. The van der Waals surface area contributed by atoms with Crippen LogP contribution >= 0.6 is 0 Å². The summed E-state index contributed by atoms with van der Waals surface area (Å²) in [6.07, 6.45) is 0.656. The number of aliphatic carboxylic acids is 1. The lowest BCUT2D eigenvalue weighted by molar-refractivity contribution is -0.140. The van der Waals surface area contributed by atoms with E-state index in [-0.39, 0.29) is 11.8 Å². The number of hydrogen-bond acceptors (Lipinski definition) is 3. The van der Waals surface area contributed by atoms with Crippen LogP contribution in [0.2, 0.25) is 0 Å². The predicted octanol–water partition coefficient (Wildman–Crippen LogP) is 2.58. The van der Waals surface area contributed by atoms with Gasteiger partial charge < -0.3 is 15.7 Å². The SMILES string of the molecule is CCC(C)C(NC(=O)c1ccc(CNC(=O)C(C)(C)C)cc1)C(=O)O. The van der Waals surface area contributed by atoms with Gasteiger partial charge in [0.1, 0.15) is 6.04 Å². The number of hydrogen-bond donors (Lipinski definition) is 3. The number of carboxylic acids is 1. The second kappa shape index (κ2) is 8.65. The van der Waals surface area contributed by atoms with Crippen molar-refractivity contribution in [1.29, 1.82) is 0 Å². The summed E-state index contributed by atoms with van der Waals surface area (Å²) in [6.45, 7) is 9.57. The molecule has 0 aliphatic heterocycles.